The first-order valence-corrected chi connectivity index (χ1v) is 25.8. The zero-order valence-corrected chi connectivity index (χ0v) is 52.6. The fraction of sp³-hybridized carbons (Fsp3) is 0.419. The Bertz CT molecular complexity index is 2880. The van der Waals surface area contributed by atoms with Crippen LogP contribution in [0.5, 0.6) is 0 Å². The third kappa shape index (κ3) is 12.3. The molecule has 8 heterocycles. The molecule has 4 aromatic heterocycles. The van der Waals surface area contributed by atoms with E-state index in [1.54, 1.807) is 0 Å². The molecule has 0 N–H and O–H groups in total. The summed E-state index contributed by atoms with van der Waals surface area (Å²) in [6, 6.07) is 0. The molecule has 368 valence electrons. The Kier molecular flexibility index (Phi) is 20.3. The first kappa shape index (κ1) is 57.9. The van der Waals surface area contributed by atoms with Crippen molar-refractivity contribution in [3.63, 3.8) is 0 Å². The normalized spacial score (nSPS) is 17.7. The van der Waals surface area contributed by atoms with E-state index in [0.29, 0.717) is 0 Å². The minimum atomic E-state index is 0. The Morgan fingerprint density at radius 1 is 0.417 bits per heavy atom. The van der Waals surface area contributed by atoms with Crippen LogP contribution in [0.1, 0.15) is 186 Å². The van der Waals surface area contributed by atoms with Gasteiger partial charge in [-0.3, -0.25) is 20.0 Å². The molecule has 0 spiro atoms. The van der Waals surface area contributed by atoms with E-state index >= 15 is 0 Å². The van der Waals surface area contributed by atoms with Crippen molar-refractivity contribution in [3.8, 4) is 0 Å². The van der Waals surface area contributed by atoms with Crippen molar-refractivity contribution in [2.75, 3.05) is 0 Å². The molecule has 0 atom stereocenters. The third-order valence-corrected chi connectivity index (χ3v) is 15.2. The van der Waals surface area contributed by atoms with Gasteiger partial charge in [0.25, 0.3) is 0 Å². The molecule has 0 saturated carbocycles. The van der Waals surface area contributed by atoms with Crippen LogP contribution in [-0.2, 0) is 64.6 Å². The van der Waals surface area contributed by atoms with Crippen LogP contribution in [0.15, 0.2) is 99.7 Å². The topological polar surface area (TPSA) is 106 Å². The van der Waals surface area contributed by atoms with Crippen molar-refractivity contribution in [1.29, 1.82) is 0 Å². The molecule has 0 saturated heterocycles. The van der Waals surface area contributed by atoms with Gasteiger partial charge in [0.05, 0.1) is 22.8 Å². The number of hydrogen-bond donors (Lipinski definition) is 0. The Labute approximate surface area is 457 Å². The molecule has 8 rings (SSSR count). The SMILES string of the molecule is CCC1=C(C)C=N/C1=C/c1[n-]c(C)c(CCCC2=C(C)/C(=C\c3[n-]cc(C)c3CC)N=C2C)c1C.CCC1=C(C)C=N/C1=C/c1[n-]c(C)c(CCCC2=C(C)/C(=C\c3[n-]cc(C)c3CC)N=C2C)c1C.[Zn+2].[Zn+2]. The standard InChI is InChI=1S/2C31H38N4.2Zn/c2*1-9-24-18(3)16-32-30(24)14-28-20(5)26(22(7)34-28)12-11-13-27-21(6)29(35-23(27)8)15-31-25(10-2)19(4)17-33-31;;/h2*14-17H,9-13H2,1-8H3;;/q2*-2;2*+2/b2*28-14+,31-15+;;. The molecule has 4 aromatic rings. The van der Waals surface area contributed by atoms with Crippen LogP contribution in [-0.4, -0.2) is 23.9 Å². The Balaban J connectivity index is 0.000000260. The van der Waals surface area contributed by atoms with Crippen LogP contribution in [0.2, 0.25) is 0 Å². The molecule has 10 heteroatoms. The Morgan fingerprint density at radius 3 is 1.12 bits per heavy atom. The predicted octanol–water partition coefficient (Wildman–Crippen LogP) is 14.8. The quantitative estimate of drug-likeness (QED) is 0.104. The first-order chi connectivity index (χ1) is 33.5. The van der Waals surface area contributed by atoms with E-state index in [2.05, 4.69) is 155 Å². The third-order valence-electron chi connectivity index (χ3n) is 15.2. The average molecular weight is 1060 g/mol. The first-order valence-electron chi connectivity index (χ1n) is 25.8. The summed E-state index contributed by atoms with van der Waals surface area (Å²) in [5.41, 5.74) is 34.1. The van der Waals surface area contributed by atoms with Crippen LogP contribution in [0.25, 0.3) is 24.3 Å². The maximum atomic E-state index is 4.90. The van der Waals surface area contributed by atoms with Gasteiger partial charge in [0.15, 0.2) is 0 Å². The van der Waals surface area contributed by atoms with Crippen LogP contribution in [0.3, 0.4) is 0 Å². The van der Waals surface area contributed by atoms with E-state index in [4.69, 9.17) is 20.0 Å². The van der Waals surface area contributed by atoms with Gasteiger partial charge in [-0.1, -0.05) is 110 Å². The molecular formula is C62H76N8Zn2. The van der Waals surface area contributed by atoms with Crippen molar-refractivity contribution < 1.29 is 39.0 Å². The van der Waals surface area contributed by atoms with Crippen molar-refractivity contribution in [2.24, 2.45) is 20.0 Å². The molecule has 0 aromatic carbocycles. The summed E-state index contributed by atoms with van der Waals surface area (Å²) >= 11 is 0. The second-order valence-corrected chi connectivity index (χ2v) is 19.7. The fourth-order valence-corrected chi connectivity index (χ4v) is 10.9. The molecule has 8 nitrogen and oxygen atoms in total. The van der Waals surface area contributed by atoms with E-state index < -0.39 is 0 Å². The maximum Gasteiger partial charge on any atom is 2.00 e. The molecule has 0 radical (unpaired) electrons. The number of allylic oxidation sites excluding steroid dienone is 8. The molecule has 4 aliphatic rings. The van der Waals surface area contributed by atoms with Crippen LogP contribution in [0, 0.1) is 41.5 Å². The van der Waals surface area contributed by atoms with Crippen LogP contribution >= 0.6 is 0 Å². The molecule has 0 fully saturated rings. The monoisotopic (exact) mass is 1060 g/mol. The maximum absolute atomic E-state index is 4.90. The molecule has 4 aliphatic heterocycles. The largest absolute Gasteiger partial charge is 2.00 e. The van der Waals surface area contributed by atoms with Crippen molar-refractivity contribution in [1.82, 2.24) is 19.9 Å². The summed E-state index contributed by atoms with van der Waals surface area (Å²) in [4.78, 5) is 38.1. The Morgan fingerprint density at radius 2 is 0.778 bits per heavy atom. The van der Waals surface area contributed by atoms with Gasteiger partial charge in [-0.2, -0.15) is 23.8 Å². The number of rotatable bonds is 16. The molecule has 0 unspecified atom stereocenters. The summed E-state index contributed by atoms with van der Waals surface area (Å²) in [7, 11) is 0. The van der Waals surface area contributed by atoms with Gasteiger partial charge in [-0.15, -0.1) is 22.8 Å². The zero-order chi connectivity index (χ0) is 50.6. The van der Waals surface area contributed by atoms with E-state index in [-0.39, 0.29) is 39.0 Å². The van der Waals surface area contributed by atoms with Gasteiger partial charge in [0, 0.05) is 23.9 Å². The van der Waals surface area contributed by atoms with Crippen LogP contribution < -0.4 is 19.9 Å². The summed E-state index contributed by atoms with van der Waals surface area (Å²) in [5.74, 6) is 0. The van der Waals surface area contributed by atoms with Crippen LogP contribution in [0.4, 0.5) is 0 Å². The van der Waals surface area contributed by atoms with Gasteiger partial charge in [-0.05, 0) is 178 Å². The summed E-state index contributed by atoms with van der Waals surface area (Å²) in [5, 5.41) is 0. The summed E-state index contributed by atoms with van der Waals surface area (Å²) in [6.45, 7) is 34.7. The summed E-state index contributed by atoms with van der Waals surface area (Å²) < 4.78 is 0. The van der Waals surface area contributed by atoms with E-state index in [1.165, 1.54) is 89.1 Å². The average Bonchev–Trinajstić information content (AvgIpc) is 4.22. The van der Waals surface area contributed by atoms with Crippen molar-refractivity contribution in [2.45, 2.75) is 175 Å². The van der Waals surface area contributed by atoms with Crippen molar-refractivity contribution >= 4 is 48.2 Å². The van der Waals surface area contributed by atoms with Gasteiger partial charge in [0.1, 0.15) is 0 Å². The number of aromatic nitrogens is 4. The van der Waals surface area contributed by atoms with E-state index in [1.807, 2.05) is 24.8 Å². The minimum Gasteiger partial charge on any atom is -0.664 e. The van der Waals surface area contributed by atoms with Crippen molar-refractivity contribution in [3.05, 3.63) is 158 Å². The van der Waals surface area contributed by atoms with Gasteiger partial charge < -0.3 is 19.9 Å². The smallest absolute Gasteiger partial charge is 0.664 e. The Hall–Kier alpha value is -5.03. The number of aliphatic imine (C=N–C) groups is 4. The molecule has 0 aliphatic carbocycles. The second kappa shape index (κ2) is 25.3. The minimum absolute atomic E-state index is 0. The van der Waals surface area contributed by atoms with E-state index in [0.717, 1.165) is 133 Å². The summed E-state index contributed by atoms with van der Waals surface area (Å²) in [6.07, 6.45) is 26.8. The fourth-order valence-electron chi connectivity index (χ4n) is 10.9. The van der Waals surface area contributed by atoms with Gasteiger partial charge >= 0.3 is 39.0 Å². The molecule has 0 amide bonds. The number of nitrogens with zero attached hydrogens (tertiary/aromatic N) is 8. The van der Waals surface area contributed by atoms with E-state index in [9.17, 15) is 0 Å². The predicted molar refractivity (Wildman–Crippen MR) is 299 cm³/mol. The molecule has 0 bridgehead atoms. The van der Waals surface area contributed by atoms with Gasteiger partial charge in [0.2, 0.25) is 0 Å². The molecule has 72 heavy (non-hydrogen) atoms. The second-order valence-electron chi connectivity index (χ2n) is 19.7. The zero-order valence-electron chi connectivity index (χ0n) is 46.7. The number of aryl methyl sites for hydroxylation is 4. The van der Waals surface area contributed by atoms with Gasteiger partial charge in [-0.25, -0.2) is 0 Å². The number of hydrogen-bond acceptors (Lipinski definition) is 4. The molecular weight excluding hydrogens is 988 g/mol.